The maximum absolute atomic E-state index is 2.31. The van der Waals surface area contributed by atoms with Crippen LogP contribution in [0.1, 0.15) is 114 Å². The maximum Gasteiger partial charge on any atom is 0.105 e. The molecule has 0 radical (unpaired) electrons. The van der Waals surface area contributed by atoms with E-state index in [1.807, 2.05) is 0 Å². The van der Waals surface area contributed by atoms with E-state index >= 15 is 0 Å². The van der Waals surface area contributed by atoms with E-state index in [0.717, 1.165) is 24.1 Å². The highest BCUT2D eigenvalue weighted by atomic mass is 127. The molecule has 3 aromatic rings. The Morgan fingerprint density at radius 2 is 0.667 bits per heavy atom. The molecule has 214 valence electrons. The Labute approximate surface area is 258 Å². The lowest BCUT2D eigenvalue weighted by atomic mass is 10.0. The molecule has 0 aliphatic heterocycles. The molecular formula is C37H54IN. The largest absolute Gasteiger partial charge is 1.00 e. The van der Waals surface area contributed by atoms with Gasteiger partial charge in [0.05, 0.1) is 6.54 Å². The van der Waals surface area contributed by atoms with E-state index in [4.69, 9.17) is 0 Å². The number of quaternary nitrogens is 1. The van der Waals surface area contributed by atoms with Gasteiger partial charge in [-0.05, 0) is 12.8 Å². The minimum absolute atomic E-state index is 0. The first-order chi connectivity index (χ1) is 18.8. The predicted octanol–water partition coefficient (Wildman–Crippen LogP) is 7.89. The van der Waals surface area contributed by atoms with Crippen molar-refractivity contribution in [1.82, 2.24) is 0 Å². The van der Waals surface area contributed by atoms with Gasteiger partial charge in [0.25, 0.3) is 0 Å². The summed E-state index contributed by atoms with van der Waals surface area (Å²) in [6.07, 6.45) is 19.8. The van der Waals surface area contributed by atoms with Crippen LogP contribution in [-0.4, -0.2) is 11.0 Å². The van der Waals surface area contributed by atoms with E-state index in [-0.39, 0.29) is 24.0 Å². The molecule has 0 saturated heterocycles. The van der Waals surface area contributed by atoms with Crippen molar-refractivity contribution >= 4 is 0 Å². The maximum atomic E-state index is 2.31. The van der Waals surface area contributed by atoms with Crippen molar-refractivity contribution in [3.63, 3.8) is 0 Å². The fourth-order valence-electron chi connectivity index (χ4n) is 5.96. The second-order valence-electron chi connectivity index (χ2n) is 11.6. The molecule has 1 nitrogen and oxygen atoms in total. The summed E-state index contributed by atoms with van der Waals surface area (Å²) in [5, 5.41) is 0. The molecule has 0 atom stereocenters. The third-order valence-electron chi connectivity index (χ3n) is 8.07. The topological polar surface area (TPSA) is 0 Å². The molecule has 0 heterocycles. The zero-order valence-corrected chi connectivity index (χ0v) is 26.9. The van der Waals surface area contributed by atoms with Crippen LogP contribution in [0.4, 0.5) is 0 Å². The minimum Gasteiger partial charge on any atom is -1.00 e. The first-order valence-electron chi connectivity index (χ1n) is 15.8. The fourth-order valence-corrected chi connectivity index (χ4v) is 5.96. The molecule has 0 fully saturated rings. The molecule has 0 unspecified atom stereocenters. The zero-order valence-electron chi connectivity index (χ0n) is 24.7. The van der Waals surface area contributed by atoms with Gasteiger partial charge in [-0.2, -0.15) is 0 Å². The molecule has 0 amide bonds. The van der Waals surface area contributed by atoms with Gasteiger partial charge in [0.1, 0.15) is 19.6 Å². The Bertz CT molecular complexity index is 840. The summed E-state index contributed by atoms with van der Waals surface area (Å²) in [5.41, 5.74) is 4.35. The molecule has 0 aliphatic carbocycles. The molecule has 0 aromatic heterocycles. The van der Waals surface area contributed by atoms with Crippen LogP contribution in [0, 0.1) is 0 Å². The number of hydrogen-bond acceptors (Lipinski definition) is 0. The smallest absolute Gasteiger partial charge is 0.105 e. The summed E-state index contributed by atoms with van der Waals surface area (Å²) < 4.78 is 1.09. The second-order valence-corrected chi connectivity index (χ2v) is 11.6. The van der Waals surface area contributed by atoms with Crippen molar-refractivity contribution in [1.29, 1.82) is 0 Å². The van der Waals surface area contributed by atoms with Crippen molar-refractivity contribution in [2.45, 2.75) is 116 Å². The summed E-state index contributed by atoms with van der Waals surface area (Å²) in [6, 6.07) is 33.5. The molecule has 2 heteroatoms. The molecule has 0 spiro atoms. The van der Waals surface area contributed by atoms with Crippen molar-refractivity contribution in [3.05, 3.63) is 108 Å². The zero-order chi connectivity index (χ0) is 26.6. The lowest BCUT2D eigenvalue weighted by Gasteiger charge is -2.39. The van der Waals surface area contributed by atoms with Gasteiger partial charge in [0, 0.05) is 16.7 Å². The van der Waals surface area contributed by atoms with E-state index < -0.39 is 0 Å². The van der Waals surface area contributed by atoms with Gasteiger partial charge in [-0.15, -0.1) is 0 Å². The van der Waals surface area contributed by atoms with Crippen LogP contribution in [0.5, 0.6) is 0 Å². The second kappa shape index (κ2) is 21.1. The number of hydrogen-bond donors (Lipinski definition) is 0. The first-order valence-corrected chi connectivity index (χ1v) is 15.8. The number of nitrogens with zero attached hydrogens (tertiary/aromatic N) is 1. The first kappa shape index (κ1) is 33.6. The molecule has 0 saturated carbocycles. The monoisotopic (exact) mass is 639 g/mol. The Hall–Kier alpha value is -1.65. The van der Waals surface area contributed by atoms with E-state index in [1.54, 1.807) is 0 Å². The van der Waals surface area contributed by atoms with E-state index in [9.17, 15) is 0 Å². The summed E-state index contributed by atoms with van der Waals surface area (Å²) in [7, 11) is 0. The number of benzene rings is 3. The third-order valence-corrected chi connectivity index (χ3v) is 8.07. The van der Waals surface area contributed by atoms with Gasteiger partial charge < -0.3 is 28.5 Å². The Kier molecular flexibility index (Phi) is 18.2. The standard InChI is InChI=1S/C37H54N.HI/c1-2-3-4-5-6-7-8-9-10-11-12-13-14-24-31-38(32-35-25-18-15-19-26-35,33-36-27-20-16-21-28-36)34-37-29-22-17-23-30-37;/h15-23,25-30H,2-14,24,31-34H2,1H3;1H/q+1;/p-1. The predicted molar refractivity (Wildman–Crippen MR) is 166 cm³/mol. The van der Waals surface area contributed by atoms with Crippen molar-refractivity contribution in [2.75, 3.05) is 6.54 Å². The van der Waals surface area contributed by atoms with Gasteiger partial charge in [-0.1, -0.05) is 175 Å². The fraction of sp³-hybridized carbons (Fsp3) is 0.514. The van der Waals surface area contributed by atoms with Gasteiger partial charge >= 0.3 is 0 Å². The average Bonchev–Trinajstić information content (AvgIpc) is 2.95. The molecule has 0 aliphatic rings. The molecule has 0 N–H and O–H groups in total. The van der Waals surface area contributed by atoms with Crippen LogP contribution in [0.2, 0.25) is 0 Å². The van der Waals surface area contributed by atoms with E-state index in [1.165, 1.54) is 113 Å². The van der Waals surface area contributed by atoms with Crippen LogP contribution in [0.25, 0.3) is 0 Å². The average molecular weight is 640 g/mol. The van der Waals surface area contributed by atoms with Crippen molar-refractivity contribution in [2.24, 2.45) is 0 Å². The Morgan fingerprint density at radius 3 is 0.974 bits per heavy atom. The Balaban J connectivity index is 0.00000533. The summed E-state index contributed by atoms with van der Waals surface area (Å²) in [6.45, 7) is 6.79. The lowest BCUT2D eigenvalue weighted by molar-refractivity contribution is -0.966. The van der Waals surface area contributed by atoms with Crippen molar-refractivity contribution in [3.8, 4) is 0 Å². The van der Waals surface area contributed by atoms with Gasteiger partial charge in [0.15, 0.2) is 0 Å². The van der Waals surface area contributed by atoms with Crippen LogP contribution in [0.3, 0.4) is 0 Å². The van der Waals surface area contributed by atoms with Gasteiger partial charge in [-0.3, -0.25) is 0 Å². The van der Waals surface area contributed by atoms with Gasteiger partial charge in [-0.25, -0.2) is 0 Å². The molecule has 3 rings (SSSR count). The van der Waals surface area contributed by atoms with Crippen LogP contribution in [0.15, 0.2) is 91.0 Å². The Morgan fingerprint density at radius 1 is 0.385 bits per heavy atom. The lowest BCUT2D eigenvalue weighted by Crippen LogP contribution is -3.00. The molecular weight excluding hydrogens is 585 g/mol. The molecule has 39 heavy (non-hydrogen) atoms. The normalized spacial score (nSPS) is 11.3. The molecule has 3 aromatic carbocycles. The van der Waals surface area contributed by atoms with Crippen LogP contribution in [-0.2, 0) is 19.6 Å². The number of unbranched alkanes of at least 4 members (excludes halogenated alkanes) is 13. The summed E-state index contributed by atoms with van der Waals surface area (Å²) in [4.78, 5) is 0. The van der Waals surface area contributed by atoms with E-state index in [2.05, 4.69) is 97.9 Å². The number of halogens is 1. The van der Waals surface area contributed by atoms with E-state index in [0.29, 0.717) is 0 Å². The highest BCUT2D eigenvalue weighted by Crippen LogP contribution is 2.26. The quantitative estimate of drug-likeness (QED) is 0.0632. The summed E-state index contributed by atoms with van der Waals surface area (Å²) in [5.74, 6) is 0. The van der Waals surface area contributed by atoms with Gasteiger partial charge in [0.2, 0.25) is 0 Å². The SMILES string of the molecule is CCCCCCCCCCCCCCCC[N+](Cc1ccccc1)(Cc1ccccc1)Cc1ccccc1.[I-]. The number of rotatable bonds is 21. The molecule has 0 bridgehead atoms. The van der Waals surface area contributed by atoms with Crippen molar-refractivity contribution < 1.29 is 28.5 Å². The third kappa shape index (κ3) is 14.5. The highest BCUT2D eigenvalue weighted by Gasteiger charge is 2.28. The minimum atomic E-state index is 0. The summed E-state index contributed by atoms with van der Waals surface area (Å²) >= 11 is 0. The van der Waals surface area contributed by atoms with Crippen LogP contribution < -0.4 is 24.0 Å². The highest BCUT2D eigenvalue weighted by molar-refractivity contribution is 5.17. The van der Waals surface area contributed by atoms with Crippen LogP contribution >= 0.6 is 0 Å².